The molecule has 2 rings (SSSR count). The highest BCUT2D eigenvalue weighted by Crippen LogP contribution is 2.30. The van der Waals surface area contributed by atoms with E-state index in [0.29, 0.717) is 25.0 Å². The average molecular weight is 419 g/mol. The monoisotopic (exact) mass is 418 g/mol. The van der Waals surface area contributed by atoms with Crippen LogP contribution in [-0.4, -0.2) is 36.4 Å². The quantitative estimate of drug-likeness (QED) is 0.211. The number of hydrogen-bond donors (Lipinski definition) is 0. The van der Waals surface area contributed by atoms with Crippen molar-refractivity contribution < 1.29 is 23.8 Å². The van der Waals surface area contributed by atoms with Crippen molar-refractivity contribution in [3.05, 3.63) is 36.5 Å². The third-order valence-corrected chi connectivity index (χ3v) is 5.43. The van der Waals surface area contributed by atoms with Crippen molar-refractivity contribution in [3.8, 4) is 0 Å². The summed E-state index contributed by atoms with van der Waals surface area (Å²) in [5, 5.41) is 0. The second kappa shape index (κ2) is 14.2. The van der Waals surface area contributed by atoms with Gasteiger partial charge in [-0.1, -0.05) is 56.6 Å². The molecule has 0 spiro atoms. The van der Waals surface area contributed by atoms with Crippen molar-refractivity contribution in [2.75, 3.05) is 0 Å². The number of rotatable bonds is 9. The Balaban J connectivity index is 1.81. The first-order chi connectivity index (χ1) is 14.6. The maximum atomic E-state index is 12.5. The summed E-state index contributed by atoms with van der Waals surface area (Å²) in [6.07, 6.45) is 22.7. The van der Waals surface area contributed by atoms with Crippen molar-refractivity contribution >= 4 is 11.9 Å². The Hall–Kier alpha value is -1.88. The maximum Gasteiger partial charge on any atom is 0.348 e. The number of carbonyl (C=O) groups excluding carboxylic acids is 2. The van der Waals surface area contributed by atoms with E-state index in [-0.39, 0.29) is 6.10 Å². The summed E-state index contributed by atoms with van der Waals surface area (Å²) in [6, 6.07) is 0. The van der Waals surface area contributed by atoms with Crippen LogP contribution in [-0.2, 0) is 23.8 Å². The highest BCUT2D eigenvalue weighted by molar-refractivity contribution is 5.78. The highest BCUT2D eigenvalue weighted by Gasteiger charge is 2.36. The molecule has 1 saturated heterocycles. The van der Waals surface area contributed by atoms with E-state index in [1.54, 1.807) is 0 Å². The zero-order chi connectivity index (χ0) is 21.6. The molecule has 0 N–H and O–H groups in total. The van der Waals surface area contributed by atoms with Crippen LogP contribution in [0.5, 0.6) is 0 Å². The summed E-state index contributed by atoms with van der Waals surface area (Å²) in [4.78, 5) is 23.8. The van der Waals surface area contributed by atoms with Crippen LogP contribution in [0.3, 0.4) is 0 Å². The summed E-state index contributed by atoms with van der Waals surface area (Å²) < 4.78 is 16.5. The smallest absolute Gasteiger partial charge is 0.348 e. The van der Waals surface area contributed by atoms with E-state index in [9.17, 15) is 9.59 Å². The molecule has 0 aromatic carbocycles. The molecule has 2 aliphatic rings. The fourth-order valence-electron chi connectivity index (χ4n) is 3.65. The van der Waals surface area contributed by atoms with Gasteiger partial charge in [0.1, 0.15) is 6.10 Å². The summed E-state index contributed by atoms with van der Waals surface area (Å²) >= 11 is 0. The molecule has 5 nitrogen and oxygen atoms in total. The van der Waals surface area contributed by atoms with E-state index >= 15 is 0 Å². The van der Waals surface area contributed by atoms with Gasteiger partial charge in [0.2, 0.25) is 0 Å². The standard InChI is InChI=1S/C25H38O5/c1-3-4-17-22-23(30-22)18-13-10-9-12-16-21-15-11-7-5-6-8-14-19-24(25(27)29-21)28-20(2)26/h7,9-12,16,21-24H,3-6,8,13-15,17-19H2,1-2H3/b10-9?,11-7-,16-12?. The highest BCUT2D eigenvalue weighted by atomic mass is 16.6. The first-order valence-electron chi connectivity index (χ1n) is 11.6. The molecule has 30 heavy (non-hydrogen) atoms. The van der Waals surface area contributed by atoms with Crippen molar-refractivity contribution in [1.29, 1.82) is 0 Å². The maximum absolute atomic E-state index is 12.5. The van der Waals surface area contributed by atoms with Crippen LogP contribution in [0.2, 0.25) is 0 Å². The average Bonchev–Trinajstić information content (AvgIpc) is 3.46. The minimum atomic E-state index is -0.809. The van der Waals surface area contributed by atoms with Crippen LogP contribution in [0.25, 0.3) is 0 Å². The number of hydrogen-bond acceptors (Lipinski definition) is 5. The SMILES string of the molecule is CCCCC1OC1CCC=CC=CC1C/C=C\CCCCCC(OC(C)=O)C(=O)O1. The Morgan fingerprint density at radius 1 is 1.17 bits per heavy atom. The van der Waals surface area contributed by atoms with Gasteiger partial charge in [-0.3, -0.25) is 4.79 Å². The van der Waals surface area contributed by atoms with Gasteiger partial charge in [0.25, 0.3) is 0 Å². The number of cyclic esters (lactones) is 1. The van der Waals surface area contributed by atoms with Crippen molar-refractivity contribution in [3.63, 3.8) is 0 Å². The molecule has 5 heteroatoms. The summed E-state index contributed by atoms with van der Waals surface area (Å²) in [5.74, 6) is -0.905. The lowest BCUT2D eigenvalue weighted by molar-refractivity contribution is -0.169. The van der Waals surface area contributed by atoms with Crippen LogP contribution in [0.4, 0.5) is 0 Å². The van der Waals surface area contributed by atoms with E-state index in [1.165, 1.54) is 26.2 Å². The van der Waals surface area contributed by atoms with E-state index in [2.05, 4.69) is 25.2 Å². The van der Waals surface area contributed by atoms with Crippen LogP contribution in [0.1, 0.15) is 84.5 Å². The lowest BCUT2D eigenvalue weighted by Crippen LogP contribution is -2.31. The number of esters is 2. The number of ether oxygens (including phenoxy) is 3. The normalized spacial score (nSPS) is 29.2. The first kappa shape index (κ1) is 24.4. The Morgan fingerprint density at radius 3 is 2.80 bits per heavy atom. The molecule has 4 unspecified atom stereocenters. The Morgan fingerprint density at radius 2 is 2.00 bits per heavy atom. The zero-order valence-electron chi connectivity index (χ0n) is 18.6. The predicted octanol–water partition coefficient (Wildman–Crippen LogP) is 5.59. The van der Waals surface area contributed by atoms with E-state index in [4.69, 9.17) is 14.2 Å². The summed E-state index contributed by atoms with van der Waals surface area (Å²) in [6.45, 7) is 3.53. The lowest BCUT2D eigenvalue weighted by atomic mass is 10.1. The molecule has 4 atom stereocenters. The lowest BCUT2D eigenvalue weighted by Gasteiger charge is -2.19. The van der Waals surface area contributed by atoms with E-state index < -0.39 is 18.0 Å². The van der Waals surface area contributed by atoms with Crippen LogP contribution >= 0.6 is 0 Å². The van der Waals surface area contributed by atoms with E-state index in [0.717, 1.165) is 38.5 Å². The minimum absolute atomic E-state index is 0.360. The van der Waals surface area contributed by atoms with E-state index in [1.807, 2.05) is 18.2 Å². The van der Waals surface area contributed by atoms with Gasteiger partial charge in [0, 0.05) is 13.3 Å². The van der Waals surface area contributed by atoms with Gasteiger partial charge < -0.3 is 14.2 Å². The number of carbonyl (C=O) groups is 2. The van der Waals surface area contributed by atoms with Gasteiger partial charge in [-0.2, -0.15) is 0 Å². The van der Waals surface area contributed by atoms with Crippen molar-refractivity contribution in [1.82, 2.24) is 0 Å². The summed E-state index contributed by atoms with van der Waals surface area (Å²) in [5.41, 5.74) is 0. The molecule has 0 saturated carbocycles. The largest absolute Gasteiger partial charge is 0.455 e. The number of unbranched alkanes of at least 4 members (excludes halogenated alkanes) is 1. The molecular formula is C25H38O5. The predicted molar refractivity (Wildman–Crippen MR) is 118 cm³/mol. The minimum Gasteiger partial charge on any atom is -0.455 e. The van der Waals surface area contributed by atoms with Gasteiger partial charge >= 0.3 is 11.9 Å². The molecule has 0 bridgehead atoms. The van der Waals surface area contributed by atoms with Crippen molar-refractivity contribution in [2.45, 2.75) is 109 Å². The molecule has 0 amide bonds. The molecule has 0 aromatic rings. The van der Waals surface area contributed by atoms with Crippen LogP contribution in [0, 0.1) is 0 Å². The first-order valence-corrected chi connectivity index (χ1v) is 11.6. The second-order valence-corrected chi connectivity index (χ2v) is 8.16. The molecule has 0 radical (unpaired) electrons. The molecule has 2 heterocycles. The fraction of sp³-hybridized carbons (Fsp3) is 0.680. The zero-order valence-corrected chi connectivity index (χ0v) is 18.6. The van der Waals surface area contributed by atoms with Gasteiger partial charge in [0.05, 0.1) is 12.2 Å². The topological polar surface area (TPSA) is 65.1 Å². The molecule has 2 aliphatic heterocycles. The molecular weight excluding hydrogens is 380 g/mol. The van der Waals surface area contributed by atoms with Crippen LogP contribution < -0.4 is 0 Å². The van der Waals surface area contributed by atoms with Crippen molar-refractivity contribution in [2.24, 2.45) is 0 Å². The third kappa shape index (κ3) is 10.2. The van der Waals surface area contributed by atoms with Gasteiger partial charge in [0.15, 0.2) is 6.10 Å². The molecule has 168 valence electrons. The van der Waals surface area contributed by atoms with Gasteiger partial charge in [-0.15, -0.1) is 0 Å². The summed E-state index contributed by atoms with van der Waals surface area (Å²) in [7, 11) is 0. The second-order valence-electron chi connectivity index (χ2n) is 8.16. The number of epoxide rings is 1. The third-order valence-electron chi connectivity index (χ3n) is 5.43. The van der Waals surface area contributed by atoms with Gasteiger partial charge in [-0.05, 0) is 51.0 Å². The number of allylic oxidation sites excluding steroid dienone is 4. The molecule has 0 aromatic heterocycles. The molecule has 1 fully saturated rings. The Labute approximate surface area is 181 Å². The van der Waals surface area contributed by atoms with Gasteiger partial charge in [-0.25, -0.2) is 4.79 Å². The van der Waals surface area contributed by atoms with Crippen LogP contribution in [0.15, 0.2) is 36.5 Å². The fourth-order valence-corrected chi connectivity index (χ4v) is 3.65. The molecule has 0 aliphatic carbocycles. The Bertz CT molecular complexity index is 607. The Kier molecular flexibility index (Phi) is 11.5.